The summed E-state index contributed by atoms with van der Waals surface area (Å²) in [6, 6.07) is 14.7. The molecule has 0 aliphatic carbocycles. The highest BCUT2D eigenvalue weighted by Gasteiger charge is 2.18. The van der Waals surface area contributed by atoms with E-state index in [0.717, 1.165) is 5.75 Å². The van der Waals surface area contributed by atoms with Gasteiger partial charge in [-0.2, -0.15) is 11.8 Å². The smallest absolute Gasteiger partial charge is 0.251 e. The predicted molar refractivity (Wildman–Crippen MR) is 109 cm³/mol. The van der Waals surface area contributed by atoms with Crippen LogP contribution in [-0.4, -0.2) is 29.7 Å². The highest BCUT2D eigenvalue weighted by atomic mass is 32.2. The minimum atomic E-state index is -0.169. The molecule has 1 aliphatic heterocycles. The van der Waals surface area contributed by atoms with Crippen molar-refractivity contribution in [2.24, 2.45) is 0 Å². The lowest BCUT2D eigenvalue weighted by molar-refractivity contribution is 0.0956. The minimum absolute atomic E-state index is 0.0511. The maximum Gasteiger partial charge on any atom is 0.251 e. The van der Waals surface area contributed by atoms with Crippen LogP contribution < -0.4 is 5.32 Å². The van der Waals surface area contributed by atoms with Gasteiger partial charge in [0.2, 0.25) is 0 Å². The Bertz CT molecular complexity index is 702. The number of hydrogen-bond acceptors (Lipinski definition) is 4. The molecular formula is C19H20FNOS3. The number of thioether (sulfide) groups is 3. The molecule has 0 atom stereocenters. The third-order valence-corrected chi connectivity index (χ3v) is 7.93. The Labute approximate surface area is 160 Å². The first-order valence-corrected chi connectivity index (χ1v) is 11.4. The van der Waals surface area contributed by atoms with Gasteiger partial charge in [-0.05, 0) is 29.3 Å². The summed E-state index contributed by atoms with van der Waals surface area (Å²) in [7, 11) is 0. The molecular weight excluding hydrogens is 373 g/mol. The molecule has 132 valence electrons. The maximum atomic E-state index is 13.5. The van der Waals surface area contributed by atoms with E-state index in [1.165, 1.54) is 23.1 Å². The van der Waals surface area contributed by atoms with Crippen molar-refractivity contribution in [1.82, 2.24) is 5.32 Å². The largest absolute Gasteiger partial charge is 0.351 e. The summed E-state index contributed by atoms with van der Waals surface area (Å²) in [5.74, 6) is 3.55. The molecule has 25 heavy (non-hydrogen) atoms. The fourth-order valence-electron chi connectivity index (χ4n) is 2.48. The summed E-state index contributed by atoms with van der Waals surface area (Å²) in [5.41, 5.74) is 2.68. The van der Waals surface area contributed by atoms with Crippen molar-refractivity contribution in [2.75, 3.05) is 23.8 Å². The van der Waals surface area contributed by atoms with Crippen molar-refractivity contribution < 1.29 is 9.18 Å². The molecule has 1 aliphatic rings. The molecule has 2 nitrogen and oxygen atoms in total. The second-order valence-corrected chi connectivity index (χ2v) is 9.42. The molecule has 1 N–H and O–H groups in total. The van der Waals surface area contributed by atoms with Gasteiger partial charge in [0.1, 0.15) is 5.82 Å². The zero-order chi connectivity index (χ0) is 17.5. The van der Waals surface area contributed by atoms with Gasteiger partial charge in [-0.1, -0.05) is 30.3 Å². The first kappa shape index (κ1) is 18.7. The van der Waals surface area contributed by atoms with Crippen LogP contribution in [0.3, 0.4) is 0 Å². The van der Waals surface area contributed by atoms with Gasteiger partial charge in [0.05, 0.1) is 4.58 Å². The van der Waals surface area contributed by atoms with E-state index in [1.54, 1.807) is 23.9 Å². The van der Waals surface area contributed by atoms with E-state index >= 15 is 0 Å². The highest BCUT2D eigenvalue weighted by molar-refractivity contribution is 8.19. The lowest BCUT2D eigenvalue weighted by atomic mass is 10.1. The lowest BCUT2D eigenvalue weighted by Gasteiger charge is -2.09. The number of amides is 1. The summed E-state index contributed by atoms with van der Waals surface area (Å²) < 4.78 is 14.0. The van der Waals surface area contributed by atoms with E-state index in [1.807, 2.05) is 41.7 Å². The van der Waals surface area contributed by atoms with E-state index in [0.29, 0.717) is 28.0 Å². The number of rotatable bonds is 7. The van der Waals surface area contributed by atoms with Crippen LogP contribution >= 0.6 is 35.3 Å². The van der Waals surface area contributed by atoms with E-state index in [-0.39, 0.29) is 11.7 Å². The molecule has 0 radical (unpaired) electrons. The standard InChI is InChI=1S/C19H20FNOS3/c20-17-4-2-1-3-16(17)13-23-10-9-21-18(22)14-5-7-15(8-6-14)19-24-11-12-25-19/h1-8,19H,9-13H2,(H,21,22). The Morgan fingerprint density at radius 3 is 2.56 bits per heavy atom. The predicted octanol–water partition coefficient (Wildman–Crippen LogP) is 4.97. The summed E-state index contributed by atoms with van der Waals surface area (Å²) in [5, 5.41) is 2.92. The van der Waals surface area contributed by atoms with Gasteiger partial charge in [0.25, 0.3) is 5.91 Å². The number of nitrogens with one attached hydrogen (secondary N) is 1. The summed E-state index contributed by atoms with van der Waals surface area (Å²) in [6.07, 6.45) is 0. The average molecular weight is 394 g/mol. The molecule has 0 spiro atoms. The minimum Gasteiger partial charge on any atom is -0.351 e. The molecule has 0 aromatic heterocycles. The zero-order valence-electron chi connectivity index (χ0n) is 13.7. The summed E-state index contributed by atoms with van der Waals surface area (Å²) >= 11 is 5.54. The van der Waals surface area contributed by atoms with E-state index in [2.05, 4.69) is 17.4 Å². The van der Waals surface area contributed by atoms with Crippen molar-refractivity contribution in [3.8, 4) is 0 Å². The quantitative estimate of drug-likeness (QED) is 0.673. The number of benzene rings is 2. The van der Waals surface area contributed by atoms with Crippen molar-refractivity contribution in [3.05, 3.63) is 71.0 Å². The van der Waals surface area contributed by atoms with Gasteiger partial charge < -0.3 is 5.32 Å². The molecule has 1 fully saturated rings. The molecule has 0 saturated carbocycles. The molecule has 6 heteroatoms. The Hall–Kier alpha value is -1.11. The number of halogens is 1. The maximum absolute atomic E-state index is 13.5. The topological polar surface area (TPSA) is 29.1 Å². The summed E-state index contributed by atoms with van der Waals surface area (Å²) in [6.45, 7) is 0.577. The molecule has 3 rings (SSSR count). The van der Waals surface area contributed by atoms with Gasteiger partial charge in [0, 0.05) is 35.1 Å². The van der Waals surface area contributed by atoms with Crippen molar-refractivity contribution in [2.45, 2.75) is 10.3 Å². The number of hydrogen-bond donors (Lipinski definition) is 1. The monoisotopic (exact) mass is 393 g/mol. The molecule has 2 aromatic rings. The van der Waals surface area contributed by atoms with E-state index in [9.17, 15) is 9.18 Å². The van der Waals surface area contributed by atoms with Gasteiger partial charge in [0.15, 0.2) is 0 Å². The molecule has 1 saturated heterocycles. The number of carbonyl (C=O) groups excluding carboxylic acids is 1. The van der Waals surface area contributed by atoms with Crippen LogP contribution in [0.2, 0.25) is 0 Å². The summed E-state index contributed by atoms with van der Waals surface area (Å²) in [4.78, 5) is 12.2. The Kier molecular flexibility index (Phi) is 7.13. The van der Waals surface area contributed by atoms with Crippen LogP contribution in [0.5, 0.6) is 0 Å². The molecule has 2 aromatic carbocycles. The molecule has 1 heterocycles. The zero-order valence-corrected chi connectivity index (χ0v) is 16.2. The van der Waals surface area contributed by atoms with Gasteiger partial charge in [-0.25, -0.2) is 4.39 Å². The normalized spacial score (nSPS) is 14.6. The highest BCUT2D eigenvalue weighted by Crippen LogP contribution is 2.45. The first-order chi connectivity index (χ1) is 12.2. The molecule has 0 unspecified atom stereocenters. The first-order valence-electron chi connectivity index (χ1n) is 8.16. The molecule has 0 bridgehead atoms. The number of carbonyl (C=O) groups is 1. The van der Waals surface area contributed by atoms with Crippen LogP contribution in [0.4, 0.5) is 4.39 Å². The van der Waals surface area contributed by atoms with Crippen LogP contribution in [0.25, 0.3) is 0 Å². The second-order valence-electron chi connectivity index (χ2n) is 5.60. The van der Waals surface area contributed by atoms with Crippen LogP contribution in [0, 0.1) is 5.82 Å². The average Bonchev–Trinajstić information content (AvgIpc) is 3.17. The van der Waals surface area contributed by atoms with Crippen LogP contribution in [0.1, 0.15) is 26.1 Å². The van der Waals surface area contributed by atoms with Crippen LogP contribution in [0.15, 0.2) is 48.5 Å². The SMILES string of the molecule is O=C(NCCSCc1ccccc1F)c1ccc(C2SCCS2)cc1. The fraction of sp³-hybridized carbons (Fsp3) is 0.316. The van der Waals surface area contributed by atoms with Gasteiger partial charge in [-0.3, -0.25) is 4.79 Å². The third kappa shape index (κ3) is 5.43. The van der Waals surface area contributed by atoms with E-state index < -0.39 is 0 Å². The second kappa shape index (κ2) is 9.55. The molecule has 1 amide bonds. The Morgan fingerprint density at radius 2 is 1.84 bits per heavy atom. The van der Waals surface area contributed by atoms with E-state index in [4.69, 9.17) is 0 Å². The Balaban J connectivity index is 1.39. The van der Waals surface area contributed by atoms with Crippen LogP contribution in [-0.2, 0) is 5.75 Å². The van der Waals surface area contributed by atoms with Gasteiger partial charge in [-0.15, -0.1) is 23.5 Å². The third-order valence-electron chi connectivity index (χ3n) is 3.81. The van der Waals surface area contributed by atoms with Crippen molar-refractivity contribution in [1.29, 1.82) is 0 Å². The fourth-order valence-corrected chi connectivity index (χ4v) is 6.18. The van der Waals surface area contributed by atoms with Crippen molar-refractivity contribution in [3.63, 3.8) is 0 Å². The van der Waals surface area contributed by atoms with Gasteiger partial charge >= 0.3 is 0 Å². The van der Waals surface area contributed by atoms with Crippen molar-refractivity contribution >= 4 is 41.2 Å². The Morgan fingerprint density at radius 1 is 1.12 bits per heavy atom. The lowest BCUT2D eigenvalue weighted by Crippen LogP contribution is -2.25.